The lowest BCUT2D eigenvalue weighted by molar-refractivity contribution is -0.123. The summed E-state index contributed by atoms with van der Waals surface area (Å²) in [5, 5.41) is 12.1. The minimum Gasteiger partial charge on any atom is -0.484 e. The van der Waals surface area contributed by atoms with Gasteiger partial charge in [0.25, 0.3) is 5.91 Å². The summed E-state index contributed by atoms with van der Waals surface area (Å²) in [4.78, 5) is 11.7. The number of halogens is 1. The van der Waals surface area contributed by atoms with Crippen LogP contribution in [0.5, 0.6) is 5.75 Å². The van der Waals surface area contributed by atoms with Crippen LogP contribution in [0, 0.1) is 11.8 Å². The molecule has 0 aliphatic heterocycles. The summed E-state index contributed by atoms with van der Waals surface area (Å²) in [6.45, 7) is 0.869. The molecule has 1 saturated carbocycles. The molecule has 2 N–H and O–H groups in total. The third-order valence-electron chi connectivity index (χ3n) is 3.78. The third kappa shape index (κ3) is 4.49. The van der Waals surface area contributed by atoms with Crippen molar-refractivity contribution in [3.63, 3.8) is 0 Å². The average Bonchev–Trinajstić information content (AvgIpc) is 2.90. The van der Waals surface area contributed by atoms with E-state index in [9.17, 15) is 9.90 Å². The quantitative estimate of drug-likeness (QED) is 0.834. The van der Waals surface area contributed by atoms with Crippen LogP contribution in [0.1, 0.15) is 19.3 Å². The van der Waals surface area contributed by atoms with Gasteiger partial charge >= 0.3 is 0 Å². The van der Waals surface area contributed by atoms with Crippen LogP contribution in [0.4, 0.5) is 0 Å². The normalized spacial score (nSPS) is 21.7. The zero-order chi connectivity index (χ0) is 14.4. The van der Waals surface area contributed by atoms with E-state index in [1.165, 1.54) is 0 Å². The summed E-state index contributed by atoms with van der Waals surface area (Å²) < 4.78 is 6.35. The highest BCUT2D eigenvalue weighted by molar-refractivity contribution is 9.10. The number of carbonyl (C=O) groups is 1. The van der Waals surface area contributed by atoms with Gasteiger partial charge in [0.1, 0.15) is 5.75 Å². The first kappa shape index (κ1) is 15.3. The minimum absolute atomic E-state index is 0.0208. The van der Waals surface area contributed by atoms with E-state index in [1.807, 2.05) is 24.3 Å². The van der Waals surface area contributed by atoms with Crippen LogP contribution in [0.3, 0.4) is 0 Å². The van der Waals surface area contributed by atoms with E-state index in [0.717, 1.165) is 23.7 Å². The van der Waals surface area contributed by atoms with Crippen molar-refractivity contribution in [3.8, 4) is 5.75 Å². The Kier molecular flexibility index (Phi) is 5.86. The van der Waals surface area contributed by atoms with E-state index in [0.29, 0.717) is 24.1 Å². The number of amides is 1. The SMILES string of the molecule is O=C(COc1cccc(Br)c1)NCC1CCCC1CO. The predicted octanol–water partition coefficient (Wildman–Crippen LogP) is 2.35. The first-order valence-electron chi connectivity index (χ1n) is 6.95. The van der Waals surface area contributed by atoms with Crippen LogP contribution >= 0.6 is 15.9 Å². The van der Waals surface area contributed by atoms with Gasteiger partial charge in [-0.25, -0.2) is 0 Å². The van der Waals surface area contributed by atoms with Crippen molar-refractivity contribution in [2.75, 3.05) is 19.8 Å². The lowest BCUT2D eigenvalue weighted by atomic mass is 9.97. The number of carbonyl (C=O) groups excluding carboxylic acids is 1. The monoisotopic (exact) mass is 341 g/mol. The standard InChI is InChI=1S/C15H20BrNO3/c16-13-5-2-6-14(7-13)20-10-15(19)17-8-11-3-1-4-12(11)9-18/h2,5-7,11-12,18H,1,3-4,8-10H2,(H,17,19). The first-order chi connectivity index (χ1) is 9.69. The molecule has 1 aromatic rings. The van der Waals surface area contributed by atoms with E-state index in [-0.39, 0.29) is 19.1 Å². The summed E-state index contributed by atoms with van der Waals surface area (Å²) in [6.07, 6.45) is 3.28. The summed E-state index contributed by atoms with van der Waals surface area (Å²) in [6, 6.07) is 7.41. The zero-order valence-corrected chi connectivity index (χ0v) is 12.9. The summed E-state index contributed by atoms with van der Waals surface area (Å²) in [7, 11) is 0. The van der Waals surface area contributed by atoms with Crippen molar-refractivity contribution in [2.45, 2.75) is 19.3 Å². The van der Waals surface area contributed by atoms with Gasteiger partial charge in [-0.15, -0.1) is 0 Å². The molecule has 2 atom stereocenters. The van der Waals surface area contributed by atoms with E-state index in [2.05, 4.69) is 21.2 Å². The first-order valence-corrected chi connectivity index (χ1v) is 7.74. The summed E-state index contributed by atoms with van der Waals surface area (Å²) in [5.41, 5.74) is 0. The minimum atomic E-state index is -0.117. The molecule has 4 nitrogen and oxygen atoms in total. The van der Waals surface area contributed by atoms with Gasteiger partial charge in [0.2, 0.25) is 0 Å². The molecule has 1 amide bonds. The summed E-state index contributed by atoms with van der Waals surface area (Å²) >= 11 is 3.35. The van der Waals surface area contributed by atoms with Crippen LogP contribution in [0.25, 0.3) is 0 Å². The Bertz CT molecular complexity index is 452. The van der Waals surface area contributed by atoms with Gasteiger partial charge in [-0.3, -0.25) is 4.79 Å². The lowest BCUT2D eigenvalue weighted by Crippen LogP contribution is -2.34. The Hall–Kier alpha value is -1.07. The molecule has 0 spiro atoms. The molecule has 0 radical (unpaired) electrons. The molecule has 0 saturated heterocycles. The number of rotatable bonds is 6. The molecule has 110 valence electrons. The second kappa shape index (κ2) is 7.64. The Morgan fingerprint density at radius 3 is 2.95 bits per heavy atom. The molecule has 2 rings (SSSR count). The Morgan fingerprint density at radius 2 is 2.20 bits per heavy atom. The second-order valence-electron chi connectivity index (χ2n) is 5.18. The van der Waals surface area contributed by atoms with Gasteiger partial charge < -0.3 is 15.2 Å². The number of ether oxygens (including phenoxy) is 1. The van der Waals surface area contributed by atoms with Gasteiger partial charge in [-0.05, 0) is 42.9 Å². The van der Waals surface area contributed by atoms with Crippen LogP contribution in [0.15, 0.2) is 28.7 Å². The predicted molar refractivity (Wildman–Crippen MR) is 80.6 cm³/mol. The molecule has 2 unspecified atom stereocenters. The van der Waals surface area contributed by atoms with E-state index in [4.69, 9.17) is 4.74 Å². The van der Waals surface area contributed by atoms with Crippen LogP contribution in [-0.4, -0.2) is 30.8 Å². The molecule has 1 fully saturated rings. The molecule has 0 bridgehead atoms. The van der Waals surface area contributed by atoms with Gasteiger partial charge in [0.15, 0.2) is 6.61 Å². The maximum absolute atomic E-state index is 11.7. The topological polar surface area (TPSA) is 58.6 Å². The van der Waals surface area contributed by atoms with Gasteiger partial charge in [0, 0.05) is 17.6 Å². The zero-order valence-electron chi connectivity index (χ0n) is 11.3. The van der Waals surface area contributed by atoms with E-state index >= 15 is 0 Å². The van der Waals surface area contributed by atoms with Gasteiger partial charge in [0.05, 0.1) is 0 Å². The number of hydrogen-bond donors (Lipinski definition) is 2. The maximum atomic E-state index is 11.7. The Balaban J connectivity index is 1.70. The van der Waals surface area contributed by atoms with Crippen molar-refractivity contribution in [3.05, 3.63) is 28.7 Å². The fraction of sp³-hybridized carbons (Fsp3) is 0.533. The molecule has 1 aromatic carbocycles. The number of nitrogens with one attached hydrogen (secondary N) is 1. The van der Waals surface area contributed by atoms with Crippen molar-refractivity contribution in [1.82, 2.24) is 5.32 Å². The Morgan fingerprint density at radius 1 is 1.40 bits per heavy atom. The maximum Gasteiger partial charge on any atom is 0.257 e. The largest absolute Gasteiger partial charge is 0.484 e. The summed E-state index contributed by atoms with van der Waals surface area (Å²) in [5.74, 6) is 1.29. The second-order valence-corrected chi connectivity index (χ2v) is 6.10. The number of aliphatic hydroxyl groups excluding tert-OH is 1. The smallest absolute Gasteiger partial charge is 0.257 e. The number of hydrogen-bond acceptors (Lipinski definition) is 3. The van der Waals surface area contributed by atoms with Gasteiger partial charge in [-0.2, -0.15) is 0 Å². The fourth-order valence-corrected chi connectivity index (χ4v) is 3.00. The molecule has 1 aliphatic carbocycles. The molecule has 20 heavy (non-hydrogen) atoms. The Labute approximate surface area is 127 Å². The van der Waals surface area contributed by atoms with Crippen molar-refractivity contribution in [2.24, 2.45) is 11.8 Å². The van der Waals surface area contributed by atoms with E-state index in [1.54, 1.807) is 0 Å². The van der Waals surface area contributed by atoms with Crippen LogP contribution < -0.4 is 10.1 Å². The van der Waals surface area contributed by atoms with Crippen LogP contribution in [-0.2, 0) is 4.79 Å². The van der Waals surface area contributed by atoms with Crippen LogP contribution in [0.2, 0.25) is 0 Å². The highest BCUT2D eigenvalue weighted by atomic mass is 79.9. The van der Waals surface area contributed by atoms with Gasteiger partial charge in [-0.1, -0.05) is 28.4 Å². The lowest BCUT2D eigenvalue weighted by Gasteiger charge is -2.17. The average molecular weight is 342 g/mol. The number of aliphatic hydroxyl groups is 1. The molecule has 0 heterocycles. The molecule has 1 aliphatic rings. The third-order valence-corrected chi connectivity index (χ3v) is 4.27. The molecule has 0 aromatic heterocycles. The molecule has 5 heteroatoms. The highest BCUT2D eigenvalue weighted by Crippen LogP contribution is 2.30. The van der Waals surface area contributed by atoms with E-state index < -0.39 is 0 Å². The van der Waals surface area contributed by atoms with Crippen molar-refractivity contribution < 1.29 is 14.6 Å². The van der Waals surface area contributed by atoms with Crippen molar-refractivity contribution in [1.29, 1.82) is 0 Å². The number of benzene rings is 1. The highest BCUT2D eigenvalue weighted by Gasteiger charge is 2.26. The van der Waals surface area contributed by atoms with Crippen molar-refractivity contribution >= 4 is 21.8 Å². The molecular formula is C15H20BrNO3. The molecular weight excluding hydrogens is 322 g/mol. The fourth-order valence-electron chi connectivity index (χ4n) is 2.62.